The highest BCUT2D eigenvalue weighted by molar-refractivity contribution is 7.12. The lowest BCUT2D eigenvalue weighted by Crippen LogP contribution is -2.16. The minimum Gasteiger partial charge on any atom is -0.486 e. The van der Waals surface area contributed by atoms with Crippen molar-refractivity contribution in [3.63, 3.8) is 0 Å². The molecule has 1 unspecified atom stereocenters. The number of Topliss-reactive ketones (excluding diaryl/α,β-unsaturated/α-hetero) is 1. The maximum Gasteiger partial charge on any atom is 0.265 e. The smallest absolute Gasteiger partial charge is 0.265 e. The summed E-state index contributed by atoms with van der Waals surface area (Å²) >= 11 is 1.40. The molecule has 4 heterocycles. The van der Waals surface area contributed by atoms with Gasteiger partial charge in [-0.15, -0.1) is 11.3 Å². The summed E-state index contributed by atoms with van der Waals surface area (Å²) in [4.78, 5) is 26.3. The number of ether oxygens (including phenoxy) is 2. The minimum absolute atomic E-state index is 0.0609. The van der Waals surface area contributed by atoms with Crippen LogP contribution in [0.4, 0.5) is 5.69 Å². The van der Waals surface area contributed by atoms with E-state index in [9.17, 15) is 9.59 Å². The van der Waals surface area contributed by atoms with E-state index in [-0.39, 0.29) is 17.6 Å². The fourth-order valence-corrected chi connectivity index (χ4v) is 5.10. The predicted molar refractivity (Wildman–Crippen MR) is 126 cm³/mol. The number of hydrogen-bond acceptors (Lipinski definition) is 5. The van der Waals surface area contributed by atoms with Crippen LogP contribution in [0.15, 0.2) is 72.2 Å². The molecule has 6 nitrogen and oxygen atoms in total. The van der Waals surface area contributed by atoms with Crippen LogP contribution >= 0.6 is 11.3 Å². The SMILES string of the molecule is O=C(Nc1ccc(C2CC(=O)c3cc4c(cc3-n3cccc32)OCCO4)cc1)c1cccs1. The van der Waals surface area contributed by atoms with Gasteiger partial charge in [0, 0.05) is 41.5 Å². The average molecular weight is 457 g/mol. The summed E-state index contributed by atoms with van der Waals surface area (Å²) in [7, 11) is 0. The molecule has 0 radical (unpaired) electrons. The summed E-state index contributed by atoms with van der Waals surface area (Å²) < 4.78 is 13.5. The molecular formula is C26H20N2O4S. The van der Waals surface area contributed by atoms with E-state index in [2.05, 4.69) is 16.0 Å². The Bertz CT molecular complexity index is 1360. The number of nitrogens with one attached hydrogen (secondary N) is 1. The fourth-order valence-electron chi connectivity index (χ4n) is 4.49. The molecule has 1 atom stereocenters. The minimum atomic E-state index is -0.125. The summed E-state index contributed by atoms with van der Waals surface area (Å²) in [5, 5.41) is 4.80. The van der Waals surface area contributed by atoms with Crippen molar-refractivity contribution in [3.05, 3.63) is 93.9 Å². The number of amides is 1. The molecule has 164 valence electrons. The maximum absolute atomic E-state index is 13.3. The van der Waals surface area contributed by atoms with E-state index in [1.807, 2.05) is 60.1 Å². The van der Waals surface area contributed by atoms with Crippen LogP contribution in [0, 0.1) is 0 Å². The van der Waals surface area contributed by atoms with Gasteiger partial charge in [0.25, 0.3) is 5.91 Å². The zero-order chi connectivity index (χ0) is 22.4. The summed E-state index contributed by atoms with van der Waals surface area (Å²) in [6.07, 6.45) is 2.32. The lowest BCUT2D eigenvalue weighted by molar-refractivity contribution is 0.0977. The molecule has 2 aliphatic heterocycles. The number of aromatic nitrogens is 1. The van der Waals surface area contributed by atoms with E-state index in [4.69, 9.17) is 9.47 Å². The molecule has 0 spiro atoms. The number of nitrogens with zero attached hydrogens (tertiary/aromatic N) is 1. The Labute approximate surface area is 194 Å². The van der Waals surface area contributed by atoms with Gasteiger partial charge in [-0.1, -0.05) is 18.2 Å². The molecule has 0 bridgehead atoms. The van der Waals surface area contributed by atoms with Gasteiger partial charge in [-0.3, -0.25) is 9.59 Å². The van der Waals surface area contributed by atoms with Crippen molar-refractivity contribution in [2.45, 2.75) is 12.3 Å². The lowest BCUT2D eigenvalue weighted by atomic mass is 9.90. The number of ketones is 1. The van der Waals surface area contributed by atoms with Crippen LogP contribution in [-0.2, 0) is 0 Å². The second-order valence-corrected chi connectivity index (χ2v) is 9.00. The van der Waals surface area contributed by atoms with Crippen LogP contribution in [0.25, 0.3) is 5.69 Å². The van der Waals surface area contributed by atoms with Gasteiger partial charge in [-0.05, 0) is 47.3 Å². The standard InChI is InChI=1S/C26H20N2O4S/c29-22-13-18(16-5-7-17(8-6-16)27-26(30)25-4-2-12-33-25)20-3-1-9-28(20)21-15-24-23(14-19(21)22)31-10-11-32-24/h1-9,12,14-15,18H,10-11,13H2,(H,27,30). The Kier molecular flexibility index (Phi) is 4.77. The number of thiophene rings is 1. The fraction of sp³-hybridized carbons (Fsp3) is 0.154. The summed E-state index contributed by atoms with van der Waals surface area (Å²) in [5.41, 5.74) is 4.22. The summed E-state index contributed by atoms with van der Waals surface area (Å²) in [5.74, 6) is 1.11. The Morgan fingerprint density at radius 3 is 2.55 bits per heavy atom. The largest absolute Gasteiger partial charge is 0.486 e. The van der Waals surface area contributed by atoms with Gasteiger partial charge in [-0.25, -0.2) is 0 Å². The number of rotatable bonds is 3. The Morgan fingerprint density at radius 2 is 1.79 bits per heavy atom. The molecule has 0 fully saturated rings. The molecule has 1 amide bonds. The first-order valence-corrected chi connectivity index (χ1v) is 11.6. The number of carbonyl (C=O) groups is 2. The molecule has 33 heavy (non-hydrogen) atoms. The van der Waals surface area contributed by atoms with Gasteiger partial charge in [0.05, 0.1) is 10.6 Å². The molecular weight excluding hydrogens is 436 g/mol. The molecule has 0 saturated carbocycles. The number of benzene rings is 2. The van der Waals surface area contributed by atoms with E-state index in [1.54, 1.807) is 6.07 Å². The number of fused-ring (bicyclic) bond motifs is 4. The first kappa shape index (κ1) is 19.8. The molecule has 6 rings (SSSR count). The molecule has 0 aliphatic carbocycles. The van der Waals surface area contributed by atoms with E-state index in [0.29, 0.717) is 41.6 Å². The van der Waals surface area contributed by atoms with E-state index < -0.39 is 0 Å². The molecule has 4 aromatic rings. The van der Waals surface area contributed by atoms with Crippen molar-refractivity contribution >= 4 is 28.7 Å². The topological polar surface area (TPSA) is 69.6 Å². The highest BCUT2D eigenvalue weighted by atomic mass is 32.1. The van der Waals surface area contributed by atoms with Crippen molar-refractivity contribution in [3.8, 4) is 17.2 Å². The Balaban J connectivity index is 1.33. The molecule has 7 heteroatoms. The highest BCUT2D eigenvalue weighted by Crippen LogP contribution is 2.41. The average Bonchev–Trinajstić information content (AvgIpc) is 3.53. The molecule has 0 saturated heterocycles. The van der Waals surface area contributed by atoms with E-state index >= 15 is 0 Å². The predicted octanol–water partition coefficient (Wildman–Crippen LogP) is 5.28. The van der Waals surface area contributed by atoms with Gasteiger partial charge in [-0.2, -0.15) is 0 Å². The number of hydrogen-bond donors (Lipinski definition) is 1. The normalized spacial score (nSPS) is 16.5. The monoisotopic (exact) mass is 456 g/mol. The third kappa shape index (κ3) is 3.50. The molecule has 1 N–H and O–H groups in total. The maximum atomic E-state index is 13.3. The van der Waals surface area contributed by atoms with Gasteiger partial charge >= 0.3 is 0 Å². The van der Waals surface area contributed by atoms with Crippen molar-refractivity contribution in [1.82, 2.24) is 4.57 Å². The second-order valence-electron chi connectivity index (χ2n) is 8.05. The van der Waals surface area contributed by atoms with Gasteiger partial charge < -0.3 is 19.4 Å². The van der Waals surface area contributed by atoms with Crippen molar-refractivity contribution in [2.24, 2.45) is 0 Å². The number of anilines is 1. The zero-order valence-corrected chi connectivity index (χ0v) is 18.4. The van der Waals surface area contributed by atoms with Crippen LogP contribution in [0.5, 0.6) is 11.5 Å². The first-order chi connectivity index (χ1) is 16.2. The highest BCUT2D eigenvalue weighted by Gasteiger charge is 2.30. The molecule has 2 aromatic heterocycles. The van der Waals surface area contributed by atoms with E-state index in [1.165, 1.54) is 11.3 Å². The van der Waals surface area contributed by atoms with Gasteiger partial charge in [0.15, 0.2) is 17.3 Å². The van der Waals surface area contributed by atoms with Gasteiger partial charge in [0.2, 0.25) is 0 Å². The quantitative estimate of drug-likeness (QED) is 0.455. The summed E-state index contributed by atoms with van der Waals surface area (Å²) in [6.45, 7) is 0.975. The third-order valence-electron chi connectivity index (χ3n) is 6.06. The molecule has 2 aromatic carbocycles. The van der Waals surface area contributed by atoms with Crippen molar-refractivity contribution < 1.29 is 19.1 Å². The lowest BCUT2D eigenvalue weighted by Gasteiger charge is -2.21. The van der Waals surface area contributed by atoms with Crippen LogP contribution in [0.2, 0.25) is 0 Å². The van der Waals surface area contributed by atoms with Crippen molar-refractivity contribution in [2.75, 3.05) is 18.5 Å². The van der Waals surface area contributed by atoms with Gasteiger partial charge in [0.1, 0.15) is 13.2 Å². The zero-order valence-electron chi connectivity index (χ0n) is 17.6. The first-order valence-electron chi connectivity index (χ1n) is 10.8. The number of carbonyl (C=O) groups excluding carboxylic acids is 2. The second kappa shape index (κ2) is 7.94. The van der Waals surface area contributed by atoms with Crippen molar-refractivity contribution in [1.29, 1.82) is 0 Å². The van der Waals surface area contributed by atoms with Crippen LogP contribution in [0.1, 0.15) is 43.6 Å². The molecule has 2 aliphatic rings. The van der Waals surface area contributed by atoms with Crippen LogP contribution < -0.4 is 14.8 Å². The Morgan fingerprint density at radius 1 is 1.00 bits per heavy atom. The third-order valence-corrected chi connectivity index (χ3v) is 6.93. The van der Waals surface area contributed by atoms with Crippen LogP contribution in [0.3, 0.4) is 0 Å². The van der Waals surface area contributed by atoms with E-state index in [0.717, 1.165) is 22.6 Å². The Hall–Kier alpha value is -3.84. The summed E-state index contributed by atoms with van der Waals surface area (Å²) in [6, 6.07) is 19.1. The van der Waals surface area contributed by atoms with Crippen LogP contribution in [-0.4, -0.2) is 29.5 Å².